The summed E-state index contributed by atoms with van der Waals surface area (Å²) in [7, 11) is 1.87. The highest BCUT2D eigenvalue weighted by atomic mass is 16.5. The van der Waals surface area contributed by atoms with Crippen molar-refractivity contribution in [1.82, 2.24) is 19.6 Å². The van der Waals surface area contributed by atoms with Gasteiger partial charge in [-0.3, -0.25) is 14.4 Å². The van der Waals surface area contributed by atoms with Gasteiger partial charge in [0, 0.05) is 51.7 Å². The first-order valence-electron chi connectivity index (χ1n) is 8.13. The molecule has 0 radical (unpaired) electrons. The van der Waals surface area contributed by atoms with Crippen LogP contribution in [-0.4, -0.2) is 70.9 Å². The van der Waals surface area contributed by atoms with E-state index >= 15 is 0 Å². The molecule has 124 valence electrons. The number of aryl methyl sites for hydroxylation is 1. The van der Waals surface area contributed by atoms with E-state index in [2.05, 4.69) is 23.8 Å². The summed E-state index contributed by atoms with van der Waals surface area (Å²) in [6.45, 7) is 8.49. The van der Waals surface area contributed by atoms with Gasteiger partial charge in [0.2, 0.25) is 5.91 Å². The van der Waals surface area contributed by atoms with Crippen LogP contribution in [0.5, 0.6) is 0 Å². The molecule has 0 saturated carbocycles. The lowest BCUT2D eigenvalue weighted by Gasteiger charge is -2.35. The van der Waals surface area contributed by atoms with E-state index in [1.165, 1.54) is 0 Å². The van der Waals surface area contributed by atoms with Gasteiger partial charge in [-0.1, -0.05) is 0 Å². The Kier molecular flexibility index (Phi) is 6.39. The Morgan fingerprint density at radius 2 is 2.32 bits per heavy atom. The molecular formula is C16H28N4O2. The zero-order chi connectivity index (χ0) is 15.9. The van der Waals surface area contributed by atoms with Crippen molar-refractivity contribution in [2.45, 2.75) is 45.4 Å². The van der Waals surface area contributed by atoms with E-state index in [1.807, 2.05) is 24.0 Å². The summed E-state index contributed by atoms with van der Waals surface area (Å²) in [6.07, 6.45) is 5.13. The number of hydrogen-bond donors (Lipinski definition) is 0. The minimum atomic E-state index is 0.0252. The molecule has 1 aliphatic rings. The number of aromatic nitrogens is 2. The highest BCUT2D eigenvalue weighted by molar-refractivity contribution is 5.76. The van der Waals surface area contributed by atoms with Crippen molar-refractivity contribution < 1.29 is 9.53 Å². The second kappa shape index (κ2) is 8.29. The van der Waals surface area contributed by atoms with Gasteiger partial charge in [-0.25, -0.2) is 0 Å². The second-order valence-corrected chi connectivity index (χ2v) is 6.22. The van der Waals surface area contributed by atoms with Crippen LogP contribution in [0.15, 0.2) is 18.5 Å². The number of amides is 1. The van der Waals surface area contributed by atoms with Gasteiger partial charge in [-0.05, 0) is 26.3 Å². The van der Waals surface area contributed by atoms with Gasteiger partial charge in [-0.2, -0.15) is 5.10 Å². The Labute approximate surface area is 133 Å². The molecule has 22 heavy (non-hydrogen) atoms. The SMILES string of the molecule is CC(C)N1CCO[C@H](CC(=O)N(C)CCCn2cccn2)C1. The largest absolute Gasteiger partial charge is 0.375 e. The van der Waals surface area contributed by atoms with Crippen LogP contribution in [0.25, 0.3) is 0 Å². The van der Waals surface area contributed by atoms with E-state index in [-0.39, 0.29) is 12.0 Å². The monoisotopic (exact) mass is 308 g/mol. The van der Waals surface area contributed by atoms with Crippen LogP contribution in [-0.2, 0) is 16.1 Å². The van der Waals surface area contributed by atoms with Crippen LogP contribution < -0.4 is 0 Å². The average Bonchev–Trinajstić information content (AvgIpc) is 3.00. The molecule has 1 amide bonds. The zero-order valence-corrected chi connectivity index (χ0v) is 13.9. The lowest BCUT2D eigenvalue weighted by molar-refractivity contribution is -0.135. The van der Waals surface area contributed by atoms with Crippen molar-refractivity contribution in [2.24, 2.45) is 0 Å². The molecule has 6 nitrogen and oxygen atoms in total. The predicted octanol–water partition coefficient (Wildman–Crippen LogP) is 1.23. The molecule has 0 bridgehead atoms. The zero-order valence-electron chi connectivity index (χ0n) is 13.9. The van der Waals surface area contributed by atoms with Gasteiger partial charge in [0.1, 0.15) is 0 Å². The fourth-order valence-electron chi connectivity index (χ4n) is 2.71. The number of ether oxygens (including phenoxy) is 1. The molecule has 0 aliphatic carbocycles. The Morgan fingerprint density at radius 3 is 3.00 bits per heavy atom. The standard InChI is InChI=1S/C16H28N4O2/c1-14(2)19-10-11-22-15(13-19)12-16(21)18(3)7-5-9-20-8-4-6-17-20/h4,6,8,14-15H,5,7,9-13H2,1-3H3/t15-/m1/s1. The Morgan fingerprint density at radius 1 is 1.50 bits per heavy atom. The summed E-state index contributed by atoms with van der Waals surface area (Å²) in [5.74, 6) is 0.163. The first-order chi connectivity index (χ1) is 10.6. The van der Waals surface area contributed by atoms with Crippen molar-refractivity contribution in [3.8, 4) is 0 Å². The first kappa shape index (κ1) is 17.0. The van der Waals surface area contributed by atoms with Crippen molar-refractivity contribution in [1.29, 1.82) is 0 Å². The van der Waals surface area contributed by atoms with Crippen molar-refractivity contribution >= 4 is 5.91 Å². The summed E-state index contributed by atoms with van der Waals surface area (Å²) in [5, 5.41) is 4.16. The van der Waals surface area contributed by atoms with Crippen molar-refractivity contribution in [3.63, 3.8) is 0 Å². The number of carbonyl (C=O) groups excluding carboxylic acids is 1. The van der Waals surface area contributed by atoms with Gasteiger partial charge in [0.05, 0.1) is 19.1 Å². The van der Waals surface area contributed by atoms with Gasteiger partial charge in [0.25, 0.3) is 0 Å². The third-order valence-electron chi connectivity index (χ3n) is 4.17. The Bertz CT molecular complexity index is 447. The van der Waals surface area contributed by atoms with E-state index in [1.54, 1.807) is 11.1 Å². The number of nitrogens with zero attached hydrogens (tertiary/aromatic N) is 4. The van der Waals surface area contributed by atoms with E-state index in [0.717, 1.165) is 39.2 Å². The van der Waals surface area contributed by atoms with Crippen LogP contribution in [0.3, 0.4) is 0 Å². The number of hydrogen-bond acceptors (Lipinski definition) is 4. The second-order valence-electron chi connectivity index (χ2n) is 6.22. The Hall–Kier alpha value is -1.40. The van der Waals surface area contributed by atoms with Crippen LogP contribution >= 0.6 is 0 Å². The van der Waals surface area contributed by atoms with Gasteiger partial charge < -0.3 is 9.64 Å². The molecule has 1 aliphatic heterocycles. The van der Waals surface area contributed by atoms with E-state index in [4.69, 9.17) is 4.74 Å². The molecule has 0 spiro atoms. The summed E-state index contributed by atoms with van der Waals surface area (Å²) >= 11 is 0. The van der Waals surface area contributed by atoms with Crippen LogP contribution in [0.4, 0.5) is 0 Å². The minimum absolute atomic E-state index is 0.0252. The van der Waals surface area contributed by atoms with Crippen LogP contribution in [0.2, 0.25) is 0 Å². The Balaban J connectivity index is 1.69. The van der Waals surface area contributed by atoms with Crippen molar-refractivity contribution in [2.75, 3.05) is 33.3 Å². The maximum atomic E-state index is 12.3. The summed E-state index contributed by atoms with van der Waals surface area (Å²) in [4.78, 5) is 16.5. The maximum absolute atomic E-state index is 12.3. The van der Waals surface area contributed by atoms with Crippen LogP contribution in [0.1, 0.15) is 26.7 Å². The van der Waals surface area contributed by atoms with Gasteiger partial charge in [0.15, 0.2) is 0 Å². The van der Waals surface area contributed by atoms with E-state index in [0.29, 0.717) is 12.5 Å². The topological polar surface area (TPSA) is 50.6 Å². The summed E-state index contributed by atoms with van der Waals surface area (Å²) in [6, 6.07) is 2.42. The number of rotatable bonds is 7. The molecule has 0 unspecified atom stereocenters. The van der Waals surface area contributed by atoms with Crippen LogP contribution in [0, 0.1) is 0 Å². The molecule has 1 aromatic heterocycles. The predicted molar refractivity (Wildman–Crippen MR) is 85.5 cm³/mol. The molecular weight excluding hydrogens is 280 g/mol. The third kappa shape index (κ3) is 5.10. The number of carbonyl (C=O) groups is 1. The average molecular weight is 308 g/mol. The molecule has 6 heteroatoms. The molecule has 0 aromatic carbocycles. The summed E-state index contributed by atoms with van der Waals surface area (Å²) < 4.78 is 7.63. The molecule has 2 heterocycles. The van der Waals surface area contributed by atoms with E-state index < -0.39 is 0 Å². The molecule has 1 saturated heterocycles. The fraction of sp³-hybridized carbons (Fsp3) is 0.750. The highest BCUT2D eigenvalue weighted by Crippen LogP contribution is 2.12. The van der Waals surface area contributed by atoms with Crippen molar-refractivity contribution in [3.05, 3.63) is 18.5 Å². The highest BCUT2D eigenvalue weighted by Gasteiger charge is 2.25. The smallest absolute Gasteiger partial charge is 0.224 e. The normalized spacial score (nSPS) is 19.5. The summed E-state index contributed by atoms with van der Waals surface area (Å²) in [5.41, 5.74) is 0. The minimum Gasteiger partial charge on any atom is -0.375 e. The fourth-order valence-corrected chi connectivity index (χ4v) is 2.71. The lowest BCUT2D eigenvalue weighted by atomic mass is 10.1. The van der Waals surface area contributed by atoms with E-state index in [9.17, 15) is 4.79 Å². The third-order valence-corrected chi connectivity index (χ3v) is 4.17. The number of morpholine rings is 1. The molecule has 1 atom stereocenters. The molecule has 2 rings (SSSR count). The molecule has 1 fully saturated rings. The maximum Gasteiger partial charge on any atom is 0.224 e. The quantitative estimate of drug-likeness (QED) is 0.760. The molecule has 0 N–H and O–H groups in total. The lowest BCUT2D eigenvalue weighted by Crippen LogP contribution is -2.47. The van der Waals surface area contributed by atoms with Gasteiger partial charge in [-0.15, -0.1) is 0 Å². The first-order valence-corrected chi connectivity index (χ1v) is 8.13. The molecule has 1 aromatic rings. The van der Waals surface area contributed by atoms with Gasteiger partial charge >= 0.3 is 0 Å².